The molecule has 1 aromatic heterocycles. The van der Waals surface area contributed by atoms with Crippen molar-refractivity contribution < 1.29 is 34.4 Å². The molecule has 10 heteroatoms. The summed E-state index contributed by atoms with van der Waals surface area (Å²) in [5.74, 6) is -3.85. The molecule has 194 valence electrons. The molecule has 37 heavy (non-hydrogen) atoms. The number of nitrogens with one attached hydrogen (secondary N) is 1. The maximum atomic E-state index is 12.9. The molecular weight excluding hydrogens is 500 g/mol. The lowest BCUT2D eigenvalue weighted by Crippen LogP contribution is -2.43. The molecule has 0 spiro atoms. The minimum Gasteiger partial charge on any atom is -0.481 e. The van der Waals surface area contributed by atoms with E-state index in [2.05, 4.69) is 22.0 Å². The lowest BCUT2D eigenvalue weighted by Gasteiger charge is -2.21. The average Bonchev–Trinajstić information content (AvgIpc) is 3.54. The average molecular weight is 527 g/mol. The number of likely N-dealkylation sites (N-methyl/N-ethyl adjacent to an activating group) is 1. The molecule has 1 fully saturated rings. The number of aromatic nitrogens is 1. The molecule has 2 aliphatic rings. The highest BCUT2D eigenvalue weighted by Crippen LogP contribution is 2.48. The predicted octanol–water partition coefficient (Wildman–Crippen LogP) is 3.45. The molecule has 2 aromatic carbocycles. The van der Waals surface area contributed by atoms with Crippen molar-refractivity contribution in [3.63, 3.8) is 0 Å². The van der Waals surface area contributed by atoms with E-state index in [1.807, 2.05) is 25.2 Å². The topological polar surface area (TPSA) is 138 Å². The third-order valence-corrected chi connectivity index (χ3v) is 7.61. The second kappa shape index (κ2) is 9.48. The number of aliphatic hydroxyl groups is 1. The van der Waals surface area contributed by atoms with Crippen molar-refractivity contribution in [3.8, 4) is 17.0 Å². The van der Waals surface area contributed by atoms with Gasteiger partial charge in [-0.05, 0) is 55.5 Å². The van der Waals surface area contributed by atoms with Crippen LogP contribution in [0.2, 0.25) is 5.02 Å². The Labute approximate surface area is 217 Å². The minimum absolute atomic E-state index is 0.0762. The number of carboxylic acid groups (broad SMARTS) is 2. The molecule has 9 nitrogen and oxygen atoms in total. The largest absolute Gasteiger partial charge is 0.481 e. The molecular formula is C27H27ClN2O7. The maximum absolute atomic E-state index is 12.9. The van der Waals surface area contributed by atoms with Gasteiger partial charge in [0.15, 0.2) is 11.4 Å². The monoisotopic (exact) mass is 526 g/mol. The summed E-state index contributed by atoms with van der Waals surface area (Å²) < 4.78 is 7.79. The molecule has 1 aliphatic heterocycles. The normalized spacial score (nSPS) is 16.6. The number of fused-ring (bicyclic) bond motifs is 5. The van der Waals surface area contributed by atoms with Gasteiger partial charge in [-0.25, -0.2) is 4.79 Å². The first kappa shape index (κ1) is 25.3. The zero-order valence-electron chi connectivity index (χ0n) is 20.2. The Bertz CT molecular complexity index is 1430. The first-order valence-corrected chi connectivity index (χ1v) is 12.5. The molecule has 0 radical (unpaired) electrons. The van der Waals surface area contributed by atoms with Crippen LogP contribution in [0.3, 0.4) is 0 Å². The van der Waals surface area contributed by atoms with Gasteiger partial charge in [0.2, 0.25) is 0 Å². The van der Waals surface area contributed by atoms with Crippen LogP contribution in [0.25, 0.3) is 22.2 Å². The highest BCUT2D eigenvalue weighted by molar-refractivity contribution is 6.33. The number of nitrogens with zero attached hydrogens (tertiary/aromatic N) is 1. The summed E-state index contributed by atoms with van der Waals surface area (Å²) in [6, 6.07) is 11.8. The molecule has 2 heterocycles. The van der Waals surface area contributed by atoms with Crippen molar-refractivity contribution in [2.75, 3.05) is 7.05 Å². The van der Waals surface area contributed by atoms with Gasteiger partial charge in [0.25, 0.3) is 0 Å². The molecule has 0 saturated heterocycles. The third-order valence-electron chi connectivity index (χ3n) is 7.32. The van der Waals surface area contributed by atoms with Crippen LogP contribution in [0.5, 0.6) is 5.75 Å². The van der Waals surface area contributed by atoms with Gasteiger partial charge < -0.3 is 29.9 Å². The van der Waals surface area contributed by atoms with Crippen LogP contribution >= 0.6 is 11.6 Å². The number of benzene rings is 2. The van der Waals surface area contributed by atoms with Crippen molar-refractivity contribution >= 4 is 40.4 Å². The number of halogens is 1. The predicted molar refractivity (Wildman–Crippen MR) is 136 cm³/mol. The molecule has 1 aliphatic carbocycles. The second-order valence-electron chi connectivity index (χ2n) is 9.84. The van der Waals surface area contributed by atoms with Crippen LogP contribution in [0.1, 0.15) is 36.8 Å². The molecule has 3 aromatic rings. The smallest absolute Gasteiger partial charge is 0.336 e. The Kier molecular flexibility index (Phi) is 6.47. The van der Waals surface area contributed by atoms with Crippen molar-refractivity contribution in [2.24, 2.45) is 5.92 Å². The Hall–Kier alpha value is -3.40. The number of hydrogen-bond donors (Lipinski definition) is 4. The van der Waals surface area contributed by atoms with Gasteiger partial charge in [-0.15, -0.1) is 0 Å². The van der Waals surface area contributed by atoms with Gasteiger partial charge >= 0.3 is 17.9 Å². The Morgan fingerprint density at radius 3 is 2.54 bits per heavy atom. The van der Waals surface area contributed by atoms with Crippen LogP contribution in [-0.2, 0) is 27.3 Å². The first-order chi connectivity index (χ1) is 17.6. The highest BCUT2D eigenvalue weighted by atomic mass is 35.5. The molecule has 0 bridgehead atoms. The summed E-state index contributed by atoms with van der Waals surface area (Å²) in [6.45, 7) is 0.641. The van der Waals surface area contributed by atoms with Gasteiger partial charge in [-0.1, -0.05) is 35.9 Å². The molecule has 2 atom stereocenters. The molecule has 1 saturated carbocycles. The Morgan fingerprint density at radius 2 is 1.89 bits per heavy atom. The van der Waals surface area contributed by atoms with E-state index in [1.165, 1.54) is 5.56 Å². The summed E-state index contributed by atoms with van der Waals surface area (Å²) in [5.41, 5.74) is 2.28. The quantitative estimate of drug-likeness (QED) is 0.182. The van der Waals surface area contributed by atoms with Gasteiger partial charge in [0, 0.05) is 23.5 Å². The molecule has 4 N–H and O–H groups in total. The lowest BCUT2D eigenvalue weighted by atomic mass is 9.95. The van der Waals surface area contributed by atoms with Gasteiger partial charge in [0.05, 0.1) is 29.1 Å². The van der Waals surface area contributed by atoms with E-state index in [4.69, 9.17) is 21.4 Å². The number of ether oxygens (including phenoxy) is 1. The highest BCUT2D eigenvalue weighted by Gasteiger charge is 2.42. The van der Waals surface area contributed by atoms with Crippen LogP contribution < -0.4 is 10.1 Å². The zero-order valence-corrected chi connectivity index (χ0v) is 20.9. The van der Waals surface area contributed by atoms with Crippen molar-refractivity contribution in [3.05, 3.63) is 52.5 Å². The standard InChI is InChI=1S/C27H27ClN2O7/c1-29-19(14-6-7-14)10-17-23-20(30-13-15-4-2-3-5-16(15)24(17)30)9-8-18(28)25(23)37-22(33)12-27(36,26(34)35)11-21(31)32/h2-5,8-9,14,19,29,36H,6-7,10-13H2,1H3,(H,31,32)(H,34,35). The van der Waals surface area contributed by atoms with E-state index in [0.29, 0.717) is 24.3 Å². The lowest BCUT2D eigenvalue weighted by molar-refractivity contribution is -0.169. The number of esters is 1. The van der Waals surface area contributed by atoms with E-state index in [9.17, 15) is 24.6 Å². The maximum Gasteiger partial charge on any atom is 0.336 e. The van der Waals surface area contributed by atoms with Crippen LogP contribution in [0, 0.1) is 5.92 Å². The van der Waals surface area contributed by atoms with E-state index in [-0.39, 0.29) is 16.8 Å². The number of hydrogen-bond acceptors (Lipinski definition) is 6. The number of aliphatic carboxylic acids is 2. The fraction of sp³-hybridized carbons (Fsp3) is 0.370. The molecule has 2 unspecified atom stereocenters. The van der Waals surface area contributed by atoms with Crippen LogP contribution in [-0.4, -0.2) is 56.5 Å². The van der Waals surface area contributed by atoms with Crippen LogP contribution in [0.4, 0.5) is 0 Å². The number of carbonyl (C=O) groups excluding carboxylic acids is 1. The number of carbonyl (C=O) groups is 3. The summed E-state index contributed by atoms with van der Waals surface area (Å²) >= 11 is 6.53. The molecule has 0 amide bonds. The van der Waals surface area contributed by atoms with Crippen molar-refractivity contribution in [1.82, 2.24) is 9.88 Å². The summed E-state index contributed by atoms with van der Waals surface area (Å²) in [7, 11) is 1.93. The number of carboxylic acids is 2. The van der Waals surface area contributed by atoms with Crippen LogP contribution in [0.15, 0.2) is 36.4 Å². The number of rotatable bonds is 10. The summed E-state index contributed by atoms with van der Waals surface area (Å²) in [6.07, 6.45) is 0.737. The second-order valence-corrected chi connectivity index (χ2v) is 10.2. The van der Waals surface area contributed by atoms with Crippen molar-refractivity contribution in [2.45, 2.75) is 50.3 Å². The fourth-order valence-corrected chi connectivity index (χ4v) is 5.57. The van der Waals surface area contributed by atoms with E-state index >= 15 is 0 Å². The minimum atomic E-state index is -2.81. The van der Waals surface area contributed by atoms with Gasteiger partial charge in [-0.2, -0.15) is 0 Å². The van der Waals surface area contributed by atoms with Gasteiger partial charge in [0.1, 0.15) is 0 Å². The first-order valence-electron chi connectivity index (χ1n) is 12.1. The summed E-state index contributed by atoms with van der Waals surface area (Å²) in [5, 5.41) is 33.0. The zero-order chi connectivity index (χ0) is 26.5. The fourth-order valence-electron chi connectivity index (χ4n) is 5.37. The van der Waals surface area contributed by atoms with E-state index < -0.39 is 36.4 Å². The van der Waals surface area contributed by atoms with Crippen molar-refractivity contribution in [1.29, 1.82) is 0 Å². The van der Waals surface area contributed by atoms with Gasteiger partial charge in [-0.3, -0.25) is 9.59 Å². The SMILES string of the molecule is CNC(Cc1c2n(c3ccc(Cl)c(OC(=O)CC(O)(CC(=O)O)C(=O)O)c13)Cc1ccccc1-2)C1CC1. The van der Waals surface area contributed by atoms with E-state index in [0.717, 1.165) is 35.2 Å². The summed E-state index contributed by atoms with van der Waals surface area (Å²) in [4.78, 5) is 35.5. The Morgan fingerprint density at radius 1 is 1.16 bits per heavy atom. The Balaban J connectivity index is 1.61. The third kappa shape index (κ3) is 4.58. The van der Waals surface area contributed by atoms with E-state index in [1.54, 1.807) is 6.07 Å². The molecule has 5 rings (SSSR count).